The van der Waals surface area contributed by atoms with Crippen LogP contribution in [-0.2, 0) is 10.9 Å². The van der Waals surface area contributed by atoms with E-state index in [1.807, 2.05) is 24.5 Å². The largest absolute Gasteiger partial charge is 0.416 e. The van der Waals surface area contributed by atoms with Crippen LogP contribution in [0.2, 0.25) is 0 Å². The van der Waals surface area contributed by atoms with Gasteiger partial charge in [-0.3, -0.25) is 14.3 Å². The van der Waals surface area contributed by atoms with E-state index in [0.717, 1.165) is 42.9 Å². The molecule has 1 atom stereocenters. The second kappa shape index (κ2) is 11.4. The standard InChI is InChI=1S/C30H27F3N8O2/c1-17-8-9-20(39-29(42)23-14-19(10-12-34-23)30(31,32)33)15-22(17)40-27-21(6-5-11-35-27)25-26-28(37-16-36-25)41(18(2)38-26)24-7-3-4-13-43-24/h5-6,8-12,14-16,24H,3-4,7,13H2,1-2H3,(H,35,40)(H,39,42). The Labute approximate surface area is 244 Å². The number of amides is 1. The molecule has 0 aliphatic carbocycles. The Morgan fingerprint density at radius 3 is 2.67 bits per heavy atom. The van der Waals surface area contributed by atoms with E-state index >= 15 is 0 Å². The van der Waals surface area contributed by atoms with E-state index in [1.165, 1.54) is 6.33 Å². The molecule has 0 spiro atoms. The van der Waals surface area contributed by atoms with Gasteiger partial charge in [-0.1, -0.05) is 6.07 Å². The number of pyridine rings is 2. The zero-order chi connectivity index (χ0) is 30.1. The number of imidazole rings is 1. The van der Waals surface area contributed by atoms with Crippen LogP contribution in [0.1, 0.15) is 52.9 Å². The number of carbonyl (C=O) groups is 1. The SMILES string of the molecule is Cc1ccc(NC(=O)c2cc(C(F)(F)F)ccn2)cc1Nc1ncccc1-c1ncnc2c1nc(C)n2C1CCCCO1. The van der Waals surface area contributed by atoms with Crippen LogP contribution in [0.15, 0.2) is 61.2 Å². The van der Waals surface area contributed by atoms with Gasteiger partial charge >= 0.3 is 6.18 Å². The van der Waals surface area contributed by atoms with Gasteiger partial charge in [-0.25, -0.2) is 19.9 Å². The fourth-order valence-corrected chi connectivity index (χ4v) is 5.07. The molecule has 220 valence electrons. The van der Waals surface area contributed by atoms with Gasteiger partial charge in [-0.05, 0) is 75.1 Å². The molecule has 5 aromatic rings. The van der Waals surface area contributed by atoms with E-state index in [1.54, 1.807) is 30.5 Å². The zero-order valence-corrected chi connectivity index (χ0v) is 23.3. The van der Waals surface area contributed by atoms with E-state index in [4.69, 9.17) is 9.72 Å². The van der Waals surface area contributed by atoms with Gasteiger partial charge < -0.3 is 15.4 Å². The lowest BCUT2D eigenvalue weighted by Crippen LogP contribution is -2.19. The molecule has 5 heterocycles. The van der Waals surface area contributed by atoms with Crippen LogP contribution < -0.4 is 10.6 Å². The number of fused-ring (bicyclic) bond motifs is 1. The number of benzene rings is 1. The molecule has 6 rings (SSSR count). The van der Waals surface area contributed by atoms with Gasteiger partial charge in [0.15, 0.2) is 5.65 Å². The van der Waals surface area contributed by atoms with Crippen LogP contribution in [0.25, 0.3) is 22.4 Å². The van der Waals surface area contributed by atoms with Crippen LogP contribution in [0.3, 0.4) is 0 Å². The fraction of sp³-hybridized carbons (Fsp3) is 0.267. The van der Waals surface area contributed by atoms with Gasteiger partial charge in [0.05, 0.1) is 5.56 Å². The lowest BCUT2D eigenvalue weighted by atomic mass is 10.1. The topological polar surface area (TPSA) is 120 Å². The molecule has 4 aromatic heterocycles. The number of alkyl halides is 3. The molecule has 1 unspecified atom stereocenters. The number of nitrogens with zero attached hydrogens (tertiary/aromatic N) is 6. The maximum absolute atomic E-state index is 13.1. The van der Waals surface area contributed by atoms with Crippen molar-refractivity contribution in [3.05, 3.63) is 83.8 Å². The quantitative estimate of drug-likeness (QED) is 0.227. The molecular weight excluding hydrogens is 561 g/mol. The van der Waals surface area contributed by atoms with Gasteiger partial charge in [0.25, 0.3) is 5.91 Å². The van der Waals surface area contributed by atoms with Crippen molar-refractivity contribution in [3.63, 3.8) is 0 Å². The molecule has 13 heteroatoms. The Bertz CT molecular complexity index is 1820. The van der Waals surface area contributed by atoms with Crippen molar-refractivity contribution in [1.82, 2.24) is 29.5 Å². The Morgan fingerprint density at radius 2 is 1.88 bits per heavy atom. The summed E-state index contributed by atoms with van der Waals surface area (Å²) in [5, 5.41) is 5.95. The van der Waals surface area contributed by atoms with Gasteiger partial charge in [0.2, 0.25) is 0 Å². The third-order valence-electron chi connectivity index (χ3n) is 7.23. The van der Waals surface area contributed by atoms with E-state index in [-0.39, 0.29) is 11.9 Å². The van der Waals surface area contributed by atoms with Crippen molar-refractivity contribution < 1.29 is 22.7 Å². The molecule has 1 aliphatic heterocycles. The van der Waals surface area contributed by atoms with Crippen LogP contribution in [0.5, 0.6) is 0 Å². The molecular formula is C30H27F3N8O2. The molecule has 2 N–H and O–H groups in total. The normalized spacial score (nSPS) is 15.4. The summed E-state index contributed by atoms with van der Waals surface area (Å²) in [4.78, 5) is 35.0. The Kier molecular flexibility index (Phi) is 7.48. The number of nitrogens with one attached hydrogen (secondary N) is 2. The van der Waals surface area contributed by atoms with Crippen molar-refractivity contribution in [3.8, 4) is 11.3 Å². The highest BCUT2D eigenvalue weighted by molar-refractivity contribution is 6.03. The first-order chi connectivity index (χ1) is 20.7. The summed E-state index contributed by atoms with van der Waals surface area (Å²) < 4.78 is 47.4. The van der Waals surface area contributed by atoms with Crippen molar-refractivity contribution >= 4 is 34.3 Å². The van der Waals surface area contributed by atoms with Crippen LogP contribution in [0.4, 0.5) is 30.4 Å². The lowest BCUT2D eigenvalue weighted by Gasteiger charge is -2.24. The second-order valence-electron chi connectivity index (χ2n) is 10.2. The number of anilines is 3. The lowest BCUT2D eigenvalue weighted by molar-refractivity contribution is -0.137. The molecule has 1 amide bonds. The number of aromatic nitrogens is 6. The number of rotatable bonds is 6. The molecule has 1 aliphatic rings. The smallest absolute Gasteiger partial charge is 0.358 e. The minimum absolute atomic E-state index is 0.139. The average Bonchev–Trinajstić information content (AvgIpc) is 3.35. The van der Waals surface area contributed by atoms with Crippen LogP contribution in [0, 0.1) is 13.8 Å². The highest BCUT2D eigenvalue weighted by Gasteiger charge is 2.31. The number of hydrogen-bond donors (Lipinski definition) is 2. The summed E-state index contributed by atoms with van der Waals surface area (Å²) in [5.74, 6) is 0.502. The maximum atomic E-state index is 13.1. The van der Waals surface area contributed by atoms with Crippen molar-refractivity contribution in [1.29, 1.82) is 0 Å². The predicted octanol–water partition coefficient (Wildman–Crippen LogP) is 6.61. The van der Waals surface area contributed by atoms with Gasteiger partial charge in [-0.2, -0.15) is 13.2 Å². The van der Waals surface area contributed by atoms with E-state index in [0.29, 0.717) is 52.3 Å². The predicted molar refractivity (Wildman–Crippen MR) is 154 cm³/mol. The van der Waals surface area contributed by atoms with Crippen molar-refractivity contribution in [2.45, 2.75) is 45.5 Å². The number of halogens is 3. The number of hydrogen-bond acceptors (Lipinski definition) is 8. The monoisotopic (exact) mass is 588 g/mol. The van der Waals surface area contributed by atoms with Gasteiger partial charge in [0, 0.05) is 35.9 Å². The van der Waals surface area contributed by atoms with E-state index in [2.05, 4.69) is 30.6 Å². The zero-order valence-electron chi connectivity index (χ0n) is 23.3. The summed E-state index contributed by atoms with van der Waals surface area (Å²) in [5.41, 5.74) is 3.10. The highest BCUT2D eigenvalue weighted by Crippen LogP contribution is 2.35. The first-order valence-corrected chi connectivity index (χ1v) is 13.7. The summed E-state index contributed by atoms with van der Waals surface area (Å²) >= 11 is 0. The molecule has 0 radical (unpaired) electrons. The van der Waals surface area contributed by atoms with Crippen LogP contribution >= 0.6 is 0 Å². The molecule has 1 aromatic carbocycles. The van der Waals surface area contributed by atoms with Crippen molar-refractivity contribution in [2.75, 3.05) is 17.2 Å². The molecule has 0 saturated carbocycles. The summed E-state index contributed by atoms with van der Waals surface area (Å²) in [7, 11) is 0. The summed E-state index contributed by atoms with van der Waals surface area (Å²) in [6.07, 6.45) is 2.34. The first kappa shape index (κ1) is 28.2. The molecule has 43 heavy (non-hydrogen) atoms. The Hall–Kier alpha value is -4.91. The second-order valence-corrected chi connectivity index (χ2v) is 10.2. The molecule has 0 bridgehead atoms. The fourth-order valence-electron chi connectivity index (χ4n) is 5.07. The van der Waals surface area contributed by atoms with E-state index < -0.39 is 17.6 Å². The number of carbonyl (C=O) groups excluding carboxylic acids is 1. The average molecular weight is 589 g/mol. The Balaban J connectivity index is 1.30. The molecule has 10 nitrogen and oxygen atoms in total. The third-order valence-corrected chi connectivity index (χ3v) is 7.23. The first-order valence-electron chi connectivity index (χ1n) is 13.7. The highest BCUT2D eigenvalue weighted by atomic mass is 19.4. The summed E-state index contributed by atoms with van der Waals surface area (Å²) in [6, 6.07) is 10.3. The minimum Gasteiger partial charge on any atom is -0.358 e. The van der Waals surface area contributed by atoms with Gasteiger partial charge in [0.1, 0.15) is 41.1 Å². The van der Waals surface area contributed by atoms with E-state index in [9.17, 15) is 18.0 Å². The third kappa shape index (κ3) is 5.75. The minimum atomic E-state index is -4.59. The Morgan fingerprint density at radius 1 is 1.02 bits per heavy atom. The van der Waals surface area contributed by atoms with Gasteiger partial charge in [-0.15, -0.1) is 0 Å². The number of ether oxygens (including phenoxy) is 1. The van der Waals surface area contributed by atoms with Crippen molar-refractivity contribution in [2.24, 2.45) is 0 Å². The molecule has 1 fully saturated rings. The number of aryl methyl sites for hydroxylation is 2. The maximum Gasteiger partial charge on any atom is 0.416 e. The van der Waals surface area contributed by atoms with Crippen LogP contribution in [-0.4, -0.2) is 42.0 Å². The summed E-state index contributed by atoms with van der Waals surface area (Å²) in [6.45, 7) is 4.49. The molecule has 1 saturated heterocycles.